The van der Waals surface area contributed by atoms with Crippen LogP contribution in [0.5, 0.6) is 5.75 Å². The molecule has 11 nitrogen and oxygen atoms in total. The second-order valence-corrected chi connectivity index (χ2v) is 12.5. The molecule has 0 spiro atoms. The van der Waals surface area contributed by atoms with Gasteiger partial charge in [-0.2, -0.15) is 5.10 Å². The zero-order valence-electron chi connectivity index (χ0n) is 25.5. The molecule has 1 aliphatic heterocycles. The smallest absolute Gasteiger partial charge is 0.431 e. The predicted molar refractivity (Wildman–Crippen MR) is 176 cm³/mol. The average Bonchev–Trinajstić information content (AvgIpc) is 3.66. The van der Waals surface area contributed by atoms with Crippen molar-refractivity contribution in [1.29, 1.82) is 0 Å². The Kier molecular flexibility index (Phi) is 9.81. The van der Waals surface area contributed by atoms with Gasteiger partial charge in [0.15, 0.2) is 0 Å². The van der Waals surface area contributed by atoms with E-state index < -0.39 is 12.1 Å². The number of anilines is 3. The summed E-state index contributed by atoms with van der Waals surface area (Å²) >= 11 is 13.1. The second-order valence-electron chi connectivity index (χ2n) is 11.7. The molecule has 1 fully saturated rings. The van der Waals surface area contributed by atoms with Crippen molar-refractivity contribution < 1.29 is 19.2 Å². The summed E-state index contributed by atoms with van der Waals surface area (Å²) in [6.45, 7) is 9.74. The third-order valence-electron chi connectivity index (χ3n) is 7.02. The zero-order valence-corrected chi connectivity index (χ0v) is 27.0. The van der Waals surface area contributed by atoms with Crippen LogP contribution in [-0.4, -0.2) is 45.0 Å². The van der Waals surface area contributed by atoms with Crippen LogP contribution in [-0.2, 0) is 16.9 Å². The quantitative estimate of drug-likeness (QED) is 0.177. The number of rotatable bonds is 8. The second kappa shape index (κ2) is 13.8. The number of urea groups is 1. The Morgan fingerprint density at radius 3 is 2.38 bits per heavy atom. The van der Waals surface area contributed by atoms with Gasteiger partial charge in [0.25, 0.3) is 0 Å². The van der Waals surface area contributed by atoms with E-state index in [1.54, 1.807) is 40.2 Å². The van der Waals surface area contributed by atoms with E-state index in [9.17, 15) is 9.59 Å². The molecule has 0 radical (unpaired) electrons. The number of hydrogen-bond donors (Lipinski definition) is 3. The molecule has 3 amide bonds. The van der Waals surface area contributed by atoms with Crippen molar-refractivity contribution in [3.05, 3.63) is 87.7 Å². The summed E-state index contributed by atoms with van der Waals surface area (Å²) in [7, 11) is 0. The molecule has 0 saturated carbocycles. The Hall–Kier alpha value is -4.32. The molecule has 1 aliphatic rings. The van der Waals surface area contributed by atoms with Crippen LogP contribution in [0.2, 0.25) is 10.0 Å². The van der Waals surface area contributed by atoms with Crippen LogP contribution < -0.4 is 20.7 Å². The molecule has 3 N–H and O–H groups in total. The first-order valence-electron chi connectivity index (χ1n) is 14.5. The molecule has 3 heterocycles. The minimum Gasteiger partial charge on any atom is -0.487 e. The maximum absolute atomic E-state index is 13.1. The number of nitrogens with zero attached hydrogens (tertiary/aromatic N) is 4. The van der Waals surface area contributed by atoms with E-state index in [1.165, 1.54) is 0 Å². The lowest BCUT2D eigenvalue weighted by atomic mass is 9.92. The third-order valence-corrected chi connectivity index (χ3v) is 7.88. The Morgan fingerprint density at radius 2 is 1.67 bits per heavy atom. The van der Waals surface area contributed by atoms with Crippen molar-refractivity contribution in [1.82, 2.24) is 19.8 Å². The van der Waals surface area contributed by atoms with E-state index >= 15 is 0 Å². The highest BCUT2D eigenvalue weighted by Crippen LogP contribution is 2.38. The summed E-state index contributed by atoms with van der Waals surface area (Å²) in [5.41, 5.74) is 3.55. The molecule has 0 atom stereocenters. The van der Waals surface area contributed by atoms with Crippen LogP contribution in [0.1, 0.15) is 50.4 Å². The standard InChI is InChI=1S/C32H35Cl2N7O4/c1-20-7-9-22(10-8-20)41-27(18-25(39-41)32(2,3)4)38-30(42)36-23-11-12-24(29(34)28(23)33)44-19-21-13-14-35-26(17-21)37-31(43)45-40-15-5-6-16-40/h7-14,17-18H,5-6,15-16,19H2,1-4H3,(H,35,37,43)(H2,36,38,42). The number of hydrogen-bond acceptors (Lipinski definition) is 7. The van der Waals surface area contributed by atoms with E-state index in [-0.39, 0.29) is 22.1 Å². The topological polar surface area (TPSA) is 123 Å². The number of aromatic nitrogens is 3. The van der Waals surface area contributed by atoms with E-state index in [0.717, 1.165) is 48.4 Å². The first kappa shape index (κ1) is 32.1. The monoisotopic (exact) mass is 651 g/mol. The van der Waals surface area contributed by atoms with Crippen LogP contribution in [0.4, 0.5) is 26.9 Å². The van der Waals surface area contributed by atoms with E-state index in [4.69, 9.17) is 37.9 Å². The zero-order chi connectivity index (χ0) is 32.1. The lowest BCUT2D eigenvalue weighted by Crippen LogP contribution is -2.27. The van der Waals surface area contributed by atoms with Gasteiger partial charge in [-0.15, -0.1) is 5.06 Å². The number of aryl methyl sites for hydroxylation is 1. The highest BCUT2D eigenvalue weighted by molar-refractivity contribution is 6.45. The summed E-state index contributed by atoms with van der Waals surface area (Å²) in [5, 5.41) is 14.9. The minimum atomic E-state index is -0.598. The van der Waals surface area contributed by atoms with Crippen LogP contribution in [0.15, 0.2) is 60.8 Å². The van der Waals surface area contributed by atoms with Crippen molar-refractivity contribution >= 4 is 52.6 Å². The van der Waals surface area contributed by atoms with Gasteiger partial charge >= 0.3 is 12.1 Å². The molecule has 0 unspecified atom stereocenters. The van der Waals surface area contributed by atoms with Gasteiger partial charge in [-0.3, -0.25) is 10.6 Å². The molecule has 2 aromatic heterocycles. The summed E-state index contributed by atoms with van der Waals surface area (Å²) in [5.74, 6) is 1.15. The molecule has 0 bridgehead atoms. The highest BCUT2D eigenvalue weighted by atomic mass is 35.5. The largest absolute Gasteiger partial charge is 0.487 e. The number of ether oxygens (including phenoxy) is 1. The number of amides is 3. The van der Waals surface area contributed by atoms with Crippen molar-refractivity contribution in [2.45, 2.75) is 52.6 Å². The Labute approximate surface area is 271 Å². The lowest BCUT2D eigenvalue weighted by Gasteiger charge is -2.15. The predicted octanol–water partition coefficient (Wildman–Crippen LogP) is 7.96. The molecule has 1 saturated heterocycles. The fraction of sp³-hybridized carbons (Fsp3) is 0.312. The fourth-order valence-electron chi connectivity index (χ4n) is 4.55. The molecule has 0 aliphatic carbocycles. The van der Waals surface area contributed by atoms with Gasteiger partial charge in [-0.05, 0) is 61.7 Å². The van der Waals surface area contributed by atoms with Gasteiger partial charge in [0.05, 0.1) is 22.1 Å². The Balaban J connectivity index is 1.22. The molecule has 45 heavy (non-hydrogen) atoms. The molecule has 4 aromatic rings. The summed E-state index contributed by atoms with van der Waals surface area (Å²) in [6.07, 6.45) is 2.95. The normalized spacial score (nSPS) is 13.4. The van der Waals surface area contributed by atoms with Crippen molar-refractivity contribution in [2.75, 3.05) is 29.0 Å². The van der Waals surface area contributed by atoms with Gasteiger partial charge in [-0.1, -0.05) is 61.7 Å². The van der Waals surface area contributed by atoms with Crippen LogP contribution in [0.25, 0.3) is 5.69 Å². The minimum absolute atomic E-state index is 0.119. The van der Waals surface area contributed by atoms with E-state index in [0.29, 0.717) is 23.1 Å². The Morgan fingerprint density at radius 1 is 0.933 bits per heavy atom. The first-order valence-corrected chi connectivity index (χ1v) is 15.3. The van der Waals surface area contributed by atoms with Crippen LogP contribution in [0, 0.1) is 6.92 Å². The fourth-order valence-corrected chi connectivity index (χ4v) is 4.97. The van der Waals surface area contributed by atoms with Gasteiger partial charge < -0.3 is 14.9 Å². The maximum Gasteiger partial charge on any atom is 0.431 e. The molecular weight excluding hydrogens is 617 g/mol. The van der Waals surface area contributed by atoms with Crippen molar-refractivity contribution in [3.8, 4) is 11.4 Å². The molecule has 13 heteroatoms. The summed E-state index contributed by atoms with van der Waals surface area (Å²) < 4.78 is 7.59. The molecular formula is C32H35Cl2N7O4. The van der Waals surface area contributed by atoms with Gasteiger partial charge in [0.2, 0.25) is 0 Å². The number of halogens is 2. The van der Waals surface area contributed by atoms with E-state index in [1.807, 2.05) is 37.3 Å². The highest BCUT2D eigenvalue weighted by Gasteiger charge is 2.22. The number of hydroxylamine groups is 2. The number of pyridine rings is 1. The maximum atomic E-state index is 13.1. The third kappa shape index (κ3) is 8.24. The van der Waals surface area contributed by atoms with Crippen LogP contribution >= 0.6 is 23.2 Å². The van der Waals surface area contributed by atoms with Gasteiger partial charge in [0.1, 0.15) is 29.0 Å². The summed E-state index contributed by atoms with van der Waals surface area (Å²) in [6, 6.07) is 15.8. The number of carbonyl (C=O) groups excluding carboxylic acids is 2. The van der Waals surface area contributed by atoms with Crippen LogP contribution in [0.3, 0.4) is 0 Å². The lowest BCUT2D eigenvalue weighted by molar-refractivity contribution is -0.0739. The number of carbonyl (C=O) groups is 2. The first-order chi connectivity index (χ1) is 21.5. The Bertz CT molecular complexity index is 1680. The SMILES string of the molecule is Cc1ccc(-n2nc(C(C)(C)C)cc2NC(=O)Nc2ccc(OCc3ccnc(NC(=O)ON4CCCC4)c3)c(Cl)c2Cl)cc1. The number of benzene rings is 2. The van der Waals surface area contributed by atoms with Gasteiger partial charge in [0, 0.05) is 30.8 Å². The number of nitrogens with one attached hydrogen (secondary N) is 3. The summed E-state index contributed by atoms with van der Waals surface area (Å²) in [4.78, 5) is 34.7. The van der Waals surface area contributed by atoms with E-state index in [2.05, 4.69) is 41.7 Å². The molecule has 5 rings (SSSR count). The molecule has 2 aromatic carbocycles. The molecule has 236 valence electrons. The average molecular weight is 653 g/mol. The van der Waals surface area contributed by atoms with Crippen molar-refractivity contribution in [3.63, 3.8) is 0 Å². The van der Waals surface area contributed by atoms with Gasteiger partial charge in [-0.25, -0.2) is 19.3 Å². The van der Waals surface area contributed by atoms with Crippen molar-refractivity contribution in [2.24, 2.45) is 0 Å².